The Morgan fingerprint density at radius 2 is 2.23 bits per heavy atom. The molecule has 1 aromatic carbocycles. The maximum absolute atomic E-state index is 5.27. The topological polar surface area (TPSA) is 12.5 Å². The maximum atomic E-state index is 5.27. The Morgan fingerprint density at radius 3 is 2.92 bits per heavy atom. The third-order valence-electron chi connectivity index (χ3n) is 2.35. The van der Waals surface area contributed by atoms with Gasteiger partial charge in [0.15, 0.2) is 0 Å². The van der Waals surface area contributed by atoms with E-state index in [-0.39, 0.29) is 0 Å². The van der Waals surface area contributed by atoms with Crippen LogP contribution in [0.15, 0.2) is 18.2 Å². The summed E-state index contributed by atoms with van der Waals surface area (Å²) in [6.45, 7) is 0. The van der Waals surface area contributed by atoms with Crippen molar-refractivity contribution in [1.82, 2.24) is 0 Å². The summed E-state index contributed by atoms with van der Waals surface area (Å²) in [5.74, 6) is 0.903. The predicted molar refractivity (Wildman–Crippen MR) is 57.7 cm³/mol. The van der Waals surface area contributed by atoms with Crippen LogP contribution in [0.5, 0.6) is 5.75 Å². The van der Waals surface area contributed by atoms with E-state index < -0.39 is 0 Å². The zero-order chi connectivity index (χ0) is 9.42. The number of thiocarbonyl (C=S) groups is 1. The summed E-state index contributed by atoms with van der Waals surface area (Å²) in [6, 6.07) is 6.05. The Labute approximate surface area is 83.1 Å². The number of nitrogens with zero attached hydrogens (tertiary/aromatic N) is 1. The minimum absolute atomic E-state index is 0.859. The van der Waals surface area contributed by atoms with E-state index in [2.05, 4.69) is 6.07 Å². The molecule has 0 spiro atoms. The highest BCUT2D eigenvalue weighted by Crippen LogP contribution is 2.36. The summed E-state index contributed by atoms with van der Waals surface area (Å²) < 4.78 is 5.27. The first-order chi connectivity index (χ1) is 6.24. The van der Waals surface area contributed by atoms with Crippen molar-refractivity contribution in [2.24, 2.45) is 0 Å². The van der Waals surface area contributed by atoms with Crippen LogP contribution in [0, 0.1) is 0 Å². The molecular weight excluding hydrogens is 182 g/mol. The molecule has 0 atom stereocenters. The van der Waals surface area contributed by atoms with Gasteiger partial charge in [0.2, 0.25) is 0 Å². The lowest BCUT2D eigenvalue weighted by Gasteiger charge is -2.15. The lowest BCUT2D eigenvalue weighted by molar-refractivity contribution is 0.416. The summed E-state index contributed by atoms with van der Waals surface area (Å²) in [7, 11) is 3.67. The molecule has 13 heavy (non-hydrogen) atoms. The van der Waals surface area contributed by atoms with Gasteiger partial charge in [-0.2, -0.15) is 0 Å². The van der Waals surface area contributed by atoms with Crippen molar-refractivity contribution in [2.75, 3.05) is 19.1 Å². The number of benzene rings is 1. The first kappa shape index (κ1) is 8.51. The van der Waals surface area contributed by atoms with E-state index in [1.807, 2.05) is 24.1 Å². The maximum Gasteiger partial charge on any atom is 0.142 e. The van der Waals surface area contributed by atoms with Gasteiger partial charge < -0.3 is 9.64 Å². The Hall–Kier alpha value is -1.09. The average Bonchev–Trinajstić information content (AvgIpc) is 2.43. The van der Waals surface area contributed by atoms with Crippen LogP contribution in [0.25, 0.3) is 0 Å². The second kappa shape index (κ2) is 3.00. The van der Waals surface area contributed by atoms with Crippen molar-refractivity contribution in [1.29, 1.82) is 0 Å². The molecule has 68 valence electrons. The molecule has 0 saturated carbocycles. The van der Waals surface area contributed by atoms with Gasteiger partial charge in [0, 0.05) is 13.5 Å². The molecule has 0 saturated heterocycles. The largest absolute Gasteiger partial charge is 0.495 e. The van der Waals surface area contributed by atoms with E-state index >= 15 is 0 Å². The molecule has 0 N–H and O–H groups in total. The molecule has 1 aliphatic heterocycles. The van der Waals surface area contributed by atoms with Crippen molar-refractivity contribution in [3.05, 3.63) is 23.8 Å². The summed E-state index contributed by atoms with van der Waals surface area (Å²) in [5.41, 5.74) is 2.38. The van der Waals surface area contributed by atoms with Crippen LogP contribution in [0.1, 0.15) is 5.56 Å². The molecule has 3 heteroatoms. The molecule has 0 unspecified atom stereocenters. The highest BCUT2D eigenvalue weighted by Gasteiger charge is 2.23. The van der Waals surface area contributed by atoms with Crippen LogP contribution in [0.4, 0.5) is 5.69 Å². The summed E-state index contributed by atoms with van der Waals surface area (Å²) >= 11 is 5.22. The smallest absolute Gasteiger partial charge is 0.142 e. The van der Waals surface area contributed by atoms with Crippen molar-refractivity contribution >= 4 is 22.9 Å². The van der Waals surface area contributed by atoms with Crippen molar-refractivity contribution < 1.29 is 4.74 Å². The first-order valence-electron chi connectivity index (χ1n) is 4.16. The Kier molecular flexibility index (Phi) is 1.96. The van der Waals surface area contributed by atoms with E-state index in [0.717, 1.165) is 22.8 Å². The molecule has 1 heterocycles. The Bertz CT molecular complexity index is 362. The van der Waals surface area contributed by atoms with E-state index in [4.69, 9.17) is 17.0 Å². The van der Waals surface area contributed by atoms with E-state index in [1.165, 1.54) is 5.56 Å². The fourth-order valence-corrected chi connectivity index (χ4v) is 1.91. The van der Waals surface area contributed by atoms with Crippen LogP contribution < -0.4 is 9.64 Å². The highest BCUT2D eigenvalue weighted by molar-refractivity contribution is 7.80. The van der Waals surface area contributed by atoms with Crippen molar-refractivity contribution in [3.8, 4) is 5.75 Å². The highest BCUT2D eigenvalue weighted by atomic mass is 32.1. The number of fused-ring (bicyclic) bond motifs is 1. The third kappa shape index (κ3) is 1.20. The van der Waals surface area contributed by atoms with Crippen LogP contribution in [0.2, 0.25) is 0 Å². The second-order valence-corrected chi connectivity index (χ2v) is 3.57. The van der Waals surface area contributed by atoms with Crippen LogP contribution in [-0.4, -0.2) is 19.1 Å². The van der Waals surface area contributed by atoms with Crippen LogP contribution in [-0.2, 0) is 6.42 Å². The van der Waals surface area contributed by atoms with Gasteiger partial charge in [-0.05, 0) is 11.6 Å². The standard InChI is InChI=1S/C10H11NOS/c1-11-9(13)6-7-4-3-5-8(12-2)10(7)11/h3-5H,6H2,1-2H3. The predicted octanol–water partition coefficient (Wildman–Crippen LogP) is 2.01. The van der Waals surface area contributed by atoms with Gasteiger partial charge in [0.1, 0.15) is 5.75 Å². The molecule has 0 fully saturated rings. The molecule has 0 radical (unpaired) electrons. The number of ether oxygens (including phenoxy) is 1. The SMILES string of the molecule is COc1cccc2c1N(C)C(=S)C2. The van der Waals surface area contributed by atoms with Gasteiger partial charge in [-0.3, -0.25) is 0 Å². The second-order valence-electron chi connectivity index (χ2n) is 3.10. The number of likely N-dealkylation sites (N-methyl/N-ethyl adjacent to an activating group) is 1. The molecule has 2 nitrogen and oxygen atoms in total. The van der Waals surface area contributed by atoms with E-state index in [9.17, 15) is 0 Å². The van der Waals surface area contributed by atoms with E-state index in [1.54, 1.807) is 7.11 Å². The third-order valence-corrected chi connectivity index (χ3v) is 2.77. The number of hydrogen-bond acceptors (Lipinski definition) is 2. The Balaban J connectivity index is 2.57. The number of hydrogen-bond donors (Lipinski definition) is 0. The van der Waals surface area contributed by atoms with Crippen molar-refractivity contribution in [3.63, 3.8) is 0 Å². The fourth-order valence-electron chi connectivity index (χ4n) is 1.66. The van der Waals surface area contributed by atoms with E-state index in [0.29, 0.717) is 0 Å². The lowest BCUT2D eigenvalue weighted by Crippen LogP contribution is -2.19. The molecule has 1 aromatic rings. The molecule has 0 aliphatic carbocycles. The zero-order valence-electron chi connectivity index (χ0n) is 7.70. The molecule has 1 aliphatic rings. The van der Waals surface area contributed by atoms with Gasteiger partial charge in [-0.1, -0.05) is 24.4 Å². The molecule has 2 rings (SSSR count). The monoisotopic (exact) mass is 193 g/mol. The fraction of sp³-hybridized carbons (Fsp3) is 0.300. The zero-order valence-corrected chi connectivity index (χ0v) is 8.52. The number of rotatable bonds is 1. The normalized spacial score (nSPS) is 14.6. The molecule has 0 amide bonds. The summed E-state index contributed by atoms with van der Waals surface area (Å²) in [6.07, 6.45) is 0.859. The molecule has 0 aromatic heterocycles. The van der Waals surface area contributed by atoms with Crippen LogP contribution >= 0.6 is 12.2 Å². The van der Waals surface area contributed by atoms with Crippen molar-refractivity contribution in [2.45, 2.75) is 6.42 Å². The lowest BCUT2D eigenvalue weighted by atomic mass is 10.1. The summed E-state index contributed by atoms with van der Waals surface area (Å²) in [4.78, 5) is 2.98. The number of methoxy groups -OCH3 is 1. The Morgan fingerprint density at radius 1 is 1.46 bits per heavy atom. The van der Waals surface area contributed by atoms with Gasteiger partial charge in [-0.15, -0.1) is 0 Å². The molecule has 0 bridgehead atoms. The van der Waals surface area contributed by atoms with Gasteiger partial charge >= 0.3 is 0 Å². The summed E-state index contributed by atoms with van der Waals surface area (Å²) in [5, 5.41) is 0. The minimum atomic E-state index is 0.859. The average molecular weight is 193 g/mol. The molecular formula is C10H11NOS. The van der Waals surface area contributed by atoms with Gasteiger partial charge in [0.25, 0.3) is 0 Å². The van der Waals surface area contributed by atoms with Gasteiger partial charge in [0.05, 0.1) is 17.8 Å². The number of para-hydroxylation sites is 1. The van der Waals surface area contributed by atoms with Crippen LogP contribution in [0.3, 0.4) is 0 Å². The first-order valence-corrected chi connectivity index (χ1v) is 4.57. The quantitative estimate of drug-likeness (QED) is 0.633. The number of anilines is 1. The van der Waals surface area contributed by atoms with Gasteiger partial charge in [-0.25, -0.2) is 0 Å². The minimum Gasteiger partial charge on any atom is -0.495 e.